The molecule has 1 aromatic carbocycles. The van der Waals surface area contributed by atoms with Crippen molar-refractivity contribution in [3.63, 3.8) is 0 Å². The summed E-state index contributed by atoms with van der Waals surface area (Å²) in [5, 5.41) is 0.113. The fourth-order valence-electron chi connectivity index (χ4n) is 0.492. The average Bonchev–Trinajstić information content (AvgIpc) is 1.83. The second kappa shape index (κ2) is 12.8. The van der Waals surface area contributed by atoms with Crippen LogP contribution in [-0.4, -0.2) is 0 Å². The number of halogens is 7. The molecule has 0 saturated carbocycles. The molecule has 0 aromatic heterocycles. The minimum atomic E-state index is -0.456. The number of benzene rings is 1. The molecule has 0 N–H and O–H groups in total. The summed E-state index contributed by atoms with van der Waals surface area (Å²) >= 11 is 9.20. The summed E-state index contributed by atoms with van der Waals surface area (Å²) < 4.78 is 12.5. The third-order valence-corrected chi connectivity index (χ3v) is 1.57. The molecule has 8 heteroatoms. The van der Waals surface area contributed by atoms with E-state index >= 15 is 0 Å². The summed E-state index contributed by atoms with van der Waals surface area (Å²) in [5.41, 5.74) is 0. The van der Waals surface area contributed by atoms with Gasteiger partial charge >= 0.3 is 0 Å². The van der Waals surface area contributed by atoms with Crippen molar-refractivity contribution in [2.24, 2.45) is 0 Å². The van der Waals surface area contributed by atoms with Crippen LogP contribution in [-0.2, 0) is 0 Å². The molecule has 0 nitrogen and oxygen atoms in total. The first kappa shape index (κ1) is 29.2. The Labute approximate surface area is 94.1 Å². The van der Waals surface area contributed by atoms with E-state index in [1.807, 2.05) is 0 Å². The maximum Gasteiger partial charge on any atom is 0.155 e. The van der Waals surface area contributed by atoms with E-state index in [-0.39, 0.29) is 41.1 Å². The second-order valence-corrected chi connectivity index (χ2v) is 2.46. The molecule has 88 valence electrons. The molecule has 14 heavy (non-hydrogen) atoms. The molecule has 0 unspecified atom stereocenters. The summed E-state index contributed by atoms with van der Waals surface area (Å²) in [6.07, 6.45) is 0. The van der Waals surface area contributed by atoms with Gasteiger partial charge in [-0.1, -0.05) is 17.7 Å². The lowest BCUT2D eigenvalue weighted by Crippen LogP contribution is -1.76. The largest absolute Gasteiger partial charge is 0.269 e. The highest BCUT2D eigenvalue weighted by Gasteiger charge is 1.99. The molecule has 0 spiro atoms. The van der Waals surface area contributed by atoms with Crippen molar-refractivity contribution in [3.8, 4) is 0 Å². The zero-order valence-corrected chi connectivity index (χ0v) is 8.94. The molecule has 0 fully saturated rings. The van der Waals surface area contributed by atoms with Crippen LogP contribution in [0.25, 0.3) is 0 Å². The molecule has 0 aliphatic carbocycles. The van der Waals surface area contributed by atoms with Gasteiger partial charge in [0, 0.05) is 4.90 Å². The predicted octanol–water partition coefficient (Wildman–Crippen LogP) is 3.80. The molecular weight excluding hydrogens is 270 g/mol. The minimum Gasteiger partial charge on any atom is -0.269 e. The first-order chi connectivity index (χ1) is 4.22. The lowest BCUT2D eigenvalue weighted by Gasteiger charge is -1.93. The Kier molecular flexibility index (Phi) is 26.7. The van der Waals surface area contributed by atoms with E-state index in [1.54, 1.807) is 12.1 Å². The maximum atomic E-state index is 12.5. The molecule has 0 bridgehead atoms. The van der Waals surface area contributed by atoms with Gasteiger partial charge in [0.05, 0.1) is 5.02 Å². The van der Waals surface area contributed by atoms with E-state index in [4.69, 9.17) is 11.6 Å². The van der Waals surface area contributed by atoms with Crippen LogP contribution >= 0.6 is 36.6 Å². The highest BCUT2D eigenvalue weighted by atomic mass is 35.5. The van der Waals surface area contributed by atoms with Gasteiger partial charge < -0.3 is 0 Å². The molecule has 1 rings (SSSR count). The van der Waals surface area contributed by atoms with Crippen molar-refractivity contribution in [1.82, 2.24) is 0 Å². The SMILES string of the molecule is Cl.F.F.F.F.Fc1c(S)cccc1Cl. The van der Waals surface area contributed by atoms with E-state index in [0.717, 1.165) is 0 Å². The van der Waals surface area contributed by atoms with E-state index in [9.17, 15) is 4.39 Å². The van der Waals surface area contributed by atoms with Gasteiger partial charge in [-0.3, -0.25) is 18.8 Å². The Morgan fingerprint density at radius 3 is 1.79 bits per heavy atom. The van der Waals surface area contributed by atoms with Crippen molar-refractivity contribution >= 4 is 36.6 Å². The smallest absolute Gasteiger partial charge is 0.155 e. The van der Waals surface area contributed by atoms with E-state index < -0.39 is 5.82 Å². The van der Waals surface area contributed by atoms with Gasteiger partial charge in [0.15, 0.2) is 5.82 Å². The van der Waals surface area contributed by atoms with Crippen LogP contribution in [0.3, 0.4) is 0 Å². The van der Waals surface area contributed by atoms with E-state index in [2.05, 4.69) is 12.6 Å². The number of hydrogen-bond acceptors (Lipinski definition) is 1. The van der Waals surface area contributed by atoms with Crippen LogP contribution in [0, 0.1) is 5.82 Å². The Hall–Kier alpha value is -0.200. The third kappa shape index (κ3) is 7.23. The van der Waals surface area contributed by atoms with Gasteiger partial charge in [-0.2, -0.15) is 0 Å². The van der Waals surface area contributed by atoms with Gasteiger partial charge in [0.2, 0.25) is 0 Å². The van der Waals surface area contributed by atoms with E-state index in [1.165, 1.54) is 6.07 Å². The number of thiol groups is 1. The highest BCUT2D eigenvalue weighted by Crippen LogP contribution is 2.19. The first-order valence-electron chi connectivity index (χ1n) is 2.35. The Morgan fingerprint density at radius 1 is 1.07 bits per heavy atom. The van der Waals surface area contributed by atoms with Crippen molar-refractivity contribution in [2.75, 3.05) is 0 Å². The molecule has 0 radical (unpaired) electrons. The van der Waals surface area contributed by atoms with Crippen LogP contribution in [0.1, 0.15) is 0 Å². The Balaban J connectivity index is -0.0000000540. The topological polar surface area (TPSA) is 0 Å². The van der Waals surface area contributed by atoms with Gasteiger partial charge in [-0.15, -0.1) is 25.0 Å². The molecule has 0 aliphatic heterocycles. The quantitative estimate of drug-likeness (QED) is 0.542. The van der Waals surface area contributed by atoms with Crippen LogP contribution in [0.15, 0.2) is 23.1 Å². The molecular formula is C6H9Cl2F5S. The Morgan fingerprint density at radius 2 is 1.50 bits per heavy atom. The van der Waals surface area contributed by atoms with Gasteiger partial charge in [-0.25, -0.2) is 4.39 Å². The molecule has 0 heterocycles. The molecule has 1 aromatic rings. The fraction of sp³-hybridized carbons (Fsp3) is 0. The summed E-state index contributed by atoms with van der Waals surface area (Å²) in [6, 6.07) is 4.68. The molecule has 0 amide bonds. The second-order valence-electron chi connectivity index (χ2n) is 1.57. The molecule has 0 aliphatic rings. The number of rotatable bonds is 0. The summed E-state index contributed by atoms with van der Waals surface area (Å²) in [7, 11) is 0. The van der Waals surface area contributed by atoms with Crippen LogP contribution in [0.5, 0.6) is 0 Å². The monoisotopic (exact) mass is 278 g/mol. The fourth-order valence-corrected chi connectivity index (χ4v) is 0.939. The van der Waals surface area contributed by atoms with Gasteiger partial charge in [-0.05, 0) is 12.1 Å². The van der Waals surface area contributed by atoms with Crippen molar-refractivity contribution < 1.29 is 23.2 Å². The zero-order valence-electron chi connectivity index (χ0n) is 6.48. The third-order valence-electron chi connectivity index (χ3n) is 0.931. The highest BCUT2D eigenvalue weighted by molar-refractivity contribution is 7.80. The molecule has 0 saturated heterocycles. The van der Waals surface area contributed by atoms with Crippen molar-refractivity contribution in [2.45, 2.75) is 4.90 Å². The average molecular weight is 279 g/mol. The first-order valence-corrected chi connectivity index (χ1v) is 3.17. The van der Waals surface area contributed by atoms with Gasteiger partial charge in [0.1, 0.15) is 0 Å². The summed E-state index contributed by atoms with van der Waals surface area (Å²) in [4.78, 5) is 0.280. The van der Waals surface area contributed by atoms with E-state index in [0.29, 0.717) is 0 Å². The lowest BCUT2D eigenvalue weighted by atomic mass is 10.3. The van der Waals surface area contributed by atoms with Crippen LogP contribution in [0.4, 0.5) is 23.2 Å². The number of hydrogen-bond donors (Lipinski definition) is 1. The van der Waals surface area contributed by atoms with Crippen molar-refractivity contribution in [3.05, 3.63) is 29.0 Å². The maximum absolute atomic E-state index is 12.5. The normalized spacial score (nSPS) is 6.21. The van der Waals surface area contributed by atoms with Gasteiger partial charge in [0.25, 0.3) is 0 Å². The van der Waals surface area contributed by atoms with Crippen molar-refractivity contribution in [1.29, 1.82) is 0 Å². The molecule has 0 atom stereocenters. The predicted molar refractivity (Wildman–Crippen MR) is 55.9 cm³/mol. The van der Waals surface area contributed by atoms with Crippen LogP contribution in [0.2, 0.25) is 5.02 Å². The lowest BCUT2D eigenvalue weighted by molar-refractivity contribution is 0.603. The standard InChI is InChI=1S/C6H4ClFS.ClH.4FH/c7-4-2-1-3-5(9)6(4)8;;;;;/h1-3,9H;5*1H. The Bertz CT molecular complexity index is 215. The summed E-state index contributed by atoms with van der Waals surface area (Å²) in [6.45, 7) is 0. The van der Waals surface area contributed by atoms with Crippen LogP contribution < -0.4 is 0 Å². The minimum absolute atomic E-state index is 0. The summed E-state index contributed by atoms with van der Waals surface area (Å²) in [5.74, 6) is -0.456. The zero-order chi connectivity index (χ0) is 6.85.